The van der Waals surface area contributed by atoms with Gasteiger partial charge in [0.1, 0.15) is 11.2 Å². The van der Waals surface area contributed by atoms with Crippen LogP contribution in [0.2, 0.25) is 0 Å². The van der Waals surface area contributed by atoms with E-state index in [1.807, 2.05) is 60.7 Å². The molecule has 0 spiro atoms. The van der Waals surface area contributed by atoms with Crippen LogP contribution in [0.3, 0.4) is 0 Å². The standard InChI is InChI=1S/C32H32N4OS2/c1-3-27(35-31(38)33-21-13-7-5-8-14-21)25-19-11-17-23-24-18-12-20-26(30(24)37-29(23)25)28(4-2)36-32(39)34-22-15-9-6-10-16-22/h5-20,27-28H,3-4H2,1-2H3,(H2,33,35,38)(H2,34,36,39)/t27-,28-/m1/s1. The zero-order chi connectivity index (χ0) is 27.2. The van der Waals surface area contributed by atoms with E-state index in [1.54, 1.807) is 0 Å². The third-order valence-corrected chi connectivity index (χ3v) is 7.27. The summed E-state index contributed by atoms with van der Waals surface area (Å²) in [5.74, 6) is 0. The molecule has 1 heterocycles. The maximum atomic E-state index is 6.67. The highest BCUT2D eigenvalue weighted by Gasteiger charge is 2.22. The second-order valence-electron chi connectivity index (χ2n) is 9.40. The van der Waals surface area contributed by atoms with Crippen LogP contribution in [-0.4, -0.2) is 10.2 Å². The number of hydrogen-bond acceptors (Lipinski definition) is 3. The lowest BCUT2D eigenvalue weighted by Gasteiger charge is -2.20. The van der Waals surface area contributed by atoms with Crippen molar-refractivity contribution in [2.75, 3.05) is 10.6 Å². The van der Waals surface area contributed by atoms with Crippen molar-refractivity contribution in [1.29, 1.82) is 0 Å². The quantitative estimate of drug-likeness (QED) is 0.144. The van der Waals surface area contributed by atoms with E-state index in [4.69, 9.17) is 28.9 Å². The van der Waals surface area contributed by atoms with Crippen LogP contribution >= 0.6 is 24.4 Å². The van der Waals surface area contributed by atoms with Crippen molar-refractivity contribution in [2.45, 2.75) is 38.8 Å². The number of benzene rings is 4. The lowest BCUT2D eigenvalue weighted by molar-refractivity contribution is 0.588. The molecule has 4 N–H and O–H groups in total. The van der Waals surface area contributed by atoms with Crippen molar-refractivity contribution in [3.8, 4) is 0 Å². The summed E-state index contributed by atoms with van der Waals surface area (Å²) in [6.07, 6.45) is 1.69. The van der Waals surface area contributed by atoms with E-state index in [9.17, 15) is 0 Å². The van der Waals surface area contributed by atoms with Gasteiger partial charge in [0.25, 0.3) is 0 Å². The summed E-state index contributed by atoms with van der Waals surface area (Å²) < 4.78 is 6.67. The fourth-order valence-corrected chi connectivity index (χ4v) is 5.43. The summed E-state index contributed by atoms with van der Waals surface area (Å²) >= 11 is 11.3. The molecule has 0 aliphatic carbocycles. The molecule has 5 rings (SSSR count). The van der Waals surface area contributed by atoms with Gasteiger partial charge in [-0.05, 0) is 61.5 Å². The first-order chi connectivity index (χ1) is 19.1. The first-order valence-electron chi connectivity index (χ1n) is 13.3. The molecule has 2 atom stereocenters. The van der Waals surface area contributed by atoms with E-state index < -0.39 is 0 Å². The molecule has 5 aromatic rings. The molecule has 4 aromatic carbocycles. The molecule has 0 amide bonds. The summed E-state index contributed by atoms with van der Waals surface area (Å²) in [6.45, 7) is 4.29. The van der Waals surface area contributed by atoms with Gasteiger partial charge in [-0.15, -0.1) is 0 Å². The fraction of sp³-hybridized carbons (Fsp3) is 0.188. The Hall–Kier alpha value is -3.94. The average molecular weight is 553 g/mol. The second kappa shape index (κ2) is 12.3. The van der Waals surface area contributed by atoms with Gasteiger partial charge in [-0.3, -0.25) is 0 Å². The Kier molecular flexibility index (Phi) is 8.39. The van der Waals surface area contributed by atoms with Gasteiger partial charge in [0.2, 0.25) is 0 Å². The third-order valence-electron chi connectivity index (χ3n) is 6.83. The van der Waals surface area contributed by atoms with Gasteiger partial charge in [-0.1, -0.05) is 86.6 Å². The van der Waals surface area contributed by atoms with Crippen LogP contribution in [0.5, 0.6) is 0 Å². The first-order valence-corrected chi connectivity index (χ1v) is 14.1. The van der Waals surface area contributed by atoms with Gasteiger partial charge in [-0.25, -0.2) is 0 Å². The van der Waals surface area contributed by atoms with Gasteiger partial charge in [0.15, 0.2) is 10.2 Å². The van der Waals surface area contributed by atoms with E-state index in [0.29, 0.717) is 10.2 Å². The van der Waals surface area contributed by atoms with Gasteiger partial charge in [-0.2, -0.15) is 0 Å². The van der Waals surface area contributed by atoms with Crippen molar-refractivity contribution in [1.82, 2.24) is 10.6 Å². The summed E-state index contributed by atoms with van der Waals surface area (Å²) in [5, 5.41) is 16.9. The predicted octanol–water partition coefficient (Wildman–Crippen LogP) is 8.46. The molecular formula is C32H32N4OS2. The van der Waals surface area contributed by atoms with E-state index in [2.05, 4.69) is 71.5 Å². The maximum Gasteiger partial charge on any atom is 0.171 e. The summed E-state index contributed by atoms with van der Waals surface area (Å²) in [7, 11) is 0. The Balaban J connectivity index is 1.44. The van der Waals surface area contributed by atoms with Crippen LogP contribution < -0.4 is 21.3 Å². The molecule has 0 aliphatic heterocycles. The highest BCUT2D eigenvalue weighted by molar-refractivity contribution is 7.80. The molecule has 198 valence electrons. The summed E-state index contributed by atoms with van der Waals surface area (Å²) in [5.41, 5.74) is 5.82. The lowest BCUT2D eigenvalue weighted by Crippen LogP contribution is -2.32. The second-order valence-corrected chi connectivity index (χ2v) is 10.2. The molecule has 39 heavy (non-hydrogen) atoms. The first kappa shape index (κ1) is 26.7. The monoisotopic (exact) mass is 552 g/mol. The minimum Gasteiger partial charge on any atom is -0.455 e. The van der Waals surface area contributed by atoms with Crippen LogP contribution in [0.15, 0.2) is 101 Å². The van der Waals surface area contributed by atoms with Gasteiger partial charge >= 0.3 is 0 Å². The van der Waals surface area contributed by atoms with Crippen LogP contribution in [0.1, 0.15) is 49.9 Å². The summed E-state index contributed by atoms with van der Waals surface area (Å²) in [6, 6.07) is 32.5. The van der Waals surface area contributed by atoms with Crippen molar-refractivity contribution >= 4 is 68.0 Å². The molecule has 0 saturated heterocycles. The molecular weight excluding hydrogens is 521 g/mol. The number of furan rings is 1. The Morgan fingerprint density at radius 1 is 0.590 bits per heavy atom. The van der Waals surface area contributed by atoms with E-state index in [-0.39, 0.29) is 12.1 Å². The zero-order valence-corrected chi connectivity index (χ0v) is 23.7. The maximum absolute atomic E-state index is 6.67. The normalized spacial score (nSPS) is 12.6. The molecule has 5 nitrogen and oxygen atoms in total. The Morgan fingerprint density at radius 3 is 1.38 bits per heavy atom. The van der Waals surface area contributed by atoms with Gasteiger partial charge in [0.05, 0.1) is 12.1 Å². The molecule has 0 unspecified atom stereocenters. The SMILES string of the molecule is CC[C@@H](NC(=S)Nc1ccccc1)c1cccc2c1oc1c([C@@H](CC)NC(=S)Nc3ccccc3)cccc12. The number of rotatable bonds is 8. The van der Waals surface area contributed by atoms with Crippen molar-refractivity contribution < 1.29 is 4.42 Å². The smallest absolute Gasteiger partial charge is 0.171 e. The molecule has 0 radical (unpaired) electrons. The van der Waals surface area contributed by atoms with Crippen LogP contribution in [0.4, 0.5) is 11.4 Å². The average Bonchev–Trinajstić information content (AvgIpc) is 3.35. The van der Waals surface area contributed by atoms with Crippen molar-refractivity contribution in [2.24, 2.45) is 0 Å². The molecule has 1 aromatic heterocycles. The minimum absolute atomic E-state index is 0.0100. The van der Waals surface area contributed by atoms with E-state index in [1.165, 1.54) is 0 Å². The van der Waals surface area contributed by atoms with Crippen molar-refractivity contribution in [3.05, 3.63) is 108 Å². The predicted molar refractivity (Wildman–Crippen MR) is 171 cm³/mol. The molecule has 0 aliphatic rings. The Labute approximate surface area is 240 Å². The summed E-state index contributed by atoms with van der Waals surface area (Å²) in [4.78, 5) is 0. The largest absolute Gasteiger partial charge is 0.455 e. The molecule has 7 heteroatoms. The van der Waals surface area contributed by atoms with Crippen LogP contribution in [-0.2, 0) is 0 Å². The number of anilines is 2. The third kappa shape index (κ3) is 6.05. The number of nitrogens with one attached hydrogen (secondary N) is 4. The Morgan fingerprint density at radius 2 is 1.00 bits per heavy atom. The lowest BCUT2D eigenvalue weighted by atomic mass is 9.99. The highest BCUT2D eigenvalue weighted by atomic mass is 32.1. The molecule has 0 bridgehead atoms. The number of fused-ring (bicyclic) bond motifs is 3. The van der Waals surface area contributed by atoms with Gasteiger partial charge in [0, 0.05) is 33.3 Å². The molecule has 0 saturated carbocycles. The Bertz CT molecular complexity index is 1470. The molecule has 0 fully saturated rings. The number of hydrogen-bond donors (Lipinski definition) is 4. The number of thiocarbonyl (C=S) groups is 2. The van der Waals surface area contributed by atoms with Crippen LogP contribution in [0.25, 0.3) is 21.9 Å². The minimum atomic E-state index is -0.0100. The van der Waals surface area contributed by atoms with Crippen molar-refractivity contribution in [3.63, 3.8) is 0 Å². The van der Waals surface area contributed by atoms with E-state index >= 15 is 0 Å². The topological polar surface area (TPSA) is 61.3 Å². The fourth-order valence-electron chi connectivity index (χ4n) is 4.91. The van der Waals surface area contributed by atoms with E-state index in [0.717, 1.165) is 57.3 Å². The van der Waals surface area contributed by atoms with Gasteiger partial charge < -0.3 is 25.7 Å². The highest BCUT2D eigenvalue weighted by Crippen LogP contribution is 2.37. The zero-order valence-electron chi connectivity index (χ0n) is 22.0. The number of para-hydroxylation sites is 4. The van der Waals surface area contributed by atoms with Crippen LogP contribution in [0, 0.1) is 0 Å².